The zero-order valence-corrected chi connectivity index (χ0v) is 16.4. The van der Waals surface area contributed by atoms with Crippen molar-refractivity contribution < 1.29 is 19.0 Å². The van der Waals surface area contributed by atoms with E-state index in [0.29, 0.717) is 32.3 Å². The Morgan fingerprint density at radius 2 is 2.00 bits per heavy atom. The topological polar surface area (TPSA) is 84.4 Å². The van der Waals surface area contributed by atoms with Gasteiger partial charge in [-0.2, -0.15) is 0 Å². The van der Waals surface area contributed by atoms with E-state index in [4.69, 9.17) is 14.2 Å². The number of likely N-dealkylation sites (N-methyl/N-ethyl adjacent to an activating group) is 1. The van der Waals surface area contributed by atoms with Crippen LogP contribution in [0.2, 0.25) is 0 Å². The third-order valence-electron chi connectivity index (χ3n) is 5.06. The van der Waals surface area contributed by atoms with Gasteiger partial charge in [0, 0.05) is 67.0 Å². The average Bonchev–Trinajstić information content (AvgIpc) is 2.68. The molecule has 2 aliphatic heterocycles. The summed E-state index contributed by atoms with van der Waals surface area (Å²) in [6.45, 7) is 3.63. The van der Waals surface area contributed by atoms with Crippen molar-refractivity contribution in [2.75, 3.05) is 60.7 Å². The Morgan fingerprint density at radius 1 is 1.23 bits per heavy atom. The maximum absolute atomic E-state index is 11.9. The Balaban J connectivity index is 1.92. The van der Waals surface area contributed by atoms with Crippen LogP contribution in [-0.4, -0.2) is 89.1 Å². The molecule has 2 saturated heterocycles. The minimum atomic E-state index is -0.256. The van der Waals surface area contributed by atoms with E-state index >= 15 is 0 Å². The predicted octanol–water partition coefficient (Wildman–Crippen LogP) is 0.375. The lowest BCUT2D eigenvalue weighted by Gasteiger charge is -2.36. The number of amides is 1. The van der Waals surface area contributed by atoms with Crippen LogP contribution in [-0.2, 0) is 19.0 Å². The van der Waals surface area contributed by atoms with Crippen LogP contribution in [0.1, 0.15) is 32.1 Å². The molecule has 0 aliphatic carbocycles. The van der Waals surface area contributed by atoms with E-state index in [9.17, 15) is 4.79 Å². The molecule has 2 rings (SSSR count). The second kappa shape index (κ2) is 10.7. The quantitative estimate of drug-likeness (QED) is 0.498. The highest BCUT2D eigenvalue weighted by atomic mass is 16.5. The van der Waals surface area contributed by atoms with Crippen LogP contribution in [0.25, 0.3) is 0 Å². The molecule has 8 heteroatoms. The summed E-state index contributed by atoms with van der Waals surface area (Å²) in [5.41, 5.74) is -0.256. The molecule has 0 aromatic rings. The SMILES string of the molecule is COC1(CNC(=NCC(=O)N(C)C)NCC2CCCCO2)CCOCC1. The van der Waals surface area contributed by atoms with Gasteiger partial charge >= 0.3 is 0 Å². The Kier molecular flexibility index (Phi) is 8.61. The summed E-state index contributed by atoms with van der Waals surface area (Å²) in [6, 6.07) is 0. The van der Waals surface area contributed by atoms with Gasteiger partial charge in [0.2, 0.25) is 5.91 Å². The fraction of sp³-hybridized carbons (Fsp3) is 0.889. The zero-order chi connectivity index (χ0) is 18.8. The summed E-state index contributed by atoms with van der Waals surface area (Å²) in [5, 5.41) is 6.67. The molecule has 1 unspecified atom stereocenters. The van der Waals surface area contributed by atoms with Gasteiger partial charge in [-0.3, -0.25) is 4.79 Å². The monoisotopic (exact) mass is 370 g/mol. The van der Waals surface area contributed by atoms with Gasteiger partial charge in [0.25, 0.3) is 0 Å². The van der Waals surface area contributed by atoms with Gasteiger partial charge in [0.15, 0.2) is 5.96 Å². The van der Waals surface area contributed by atoms with Crippen LogP contribution in [0.3, 0.4) is 0 Å². The van der Waals surface area contributed by atoms with Crippen molar-refractivity contribution >= 4 is 11.9 Å². The van der Waals surface area contributed by atoms with E-state index in [0.717, 1.165) is 32.3 Å². The molecule has 0 aromatic heterocycles. The number of guanidine groups is 1. The highest BCUT2D eigenvalue weighted by molar-refractivity contribution is 5.84. The molecule has 0 bridgehead atoms. The molecule has 2 N–H and O–H groups in total. The standard InChI is InChI=1S/C18H34N4O4/c1-22(2)16(23)13-20-17(19-12-15-6-4-5-9-26-15)21-14-18(24-3)7-10-25-11-8-18/h15H,4-14H2,1-3H3,(H2,19,20,21). The van der Waals surface area contributed by atoms with E-state index in [1.54, 1.807) is 26.1 Å². The molecule has 0 saturated carbocycles. The number of rotatable bonds is 7. The molecule has 0 aromatic carbocycles. The van der Waals surface area contributed by atoms with Crippen molar-refractivity contribution in [3.8, 4) is 0 Å². The van der Waals surface area contributed by atoms with Gasteiger partial charge in [0.05, 0.1) is 11.7 Å². The van der Waals surface area contributed by atoms with Crippen molar-refractivity contribution in [1.82, 2.24) is 15.5 Å². The summed E-state index contributed by atoms with van der Waals surface area (Å²) in [4.78, 5) is 17.9. The highest BCUT2D eigenvalue weighted by Crippen LogP contribution is 2.23. The van der Waals surface area contributed by atoms with Gasteiger partial charge in [-0.1, -0.05) is 0 Å². The van der Waals surface area contributed by atoms with Crippen LogP contribution in [0.15, 0.2) is 4.99 Å². The van der Waals surface area contributed by atoms with Crippen molar-refractivity contribution in [3.05, 3.63) is 0 Å². The first-order chi connectivity index (χ1) is 12.5. The second-order valence-corrected chi connectivity index (χ2v) is 7.18. The van der Waals surface area contributed by atoms with Gasteiger partial charge in [-0.15, -0.1) is 0 Å². The highest BCUT2D eigenvalue weighted by Gasteiger charge is 2.32. The number of nitrogens with one attached hydrogen (secondary N) is 2. The number of ether oxygens (including phenoxy) is 3. The maximum atomic E-state index is 11.9. The Morgan fingerprint density at radius 3 is 2.62 bits per heavy atom. The molecule has 2 aliphatic rings. The maximum Gasteiger partial charge on any atom is 0.243 e. The van der Waals surface area contributed by atoms with Crippen molar-refractivity contribution in [1.29, 1.82) is 0 Å². The molecule has 0 radical (unpaired) electrons. The number of methoxy groups -OCH3 is 1. The summed E-state index contributed by atoms with van der Waals surface area (Å²) in [6.07, 6.45) is 5.25. The molecule has 1 amide bonds. The first kappa shape index (κ1) is 20.9. The molecule has 1 atom stereocenters. The average molecular weight is 370 g/mol. The Bertz CT molecular complexity index is 458. The molecular formula is C18H34N4O4. The van der Waals surface area contributed by atoms with Crippen LogP contribution >= 0.6 is 0 Å². The largest absolute Gasteiger partial charge is 0.381 e. The lowest BCUT2D eigenvalue weighted by atomic mass is 9.94. The van der Waals surface area contributed by atoms with Crippen LogP contribution < -0.4 is 10.6 Å². The Labute approximate surface area is 156 Å². The Hall–Kier alpha value is -1.38. The number of nitrogens with zero attached hydrogens (tertiary/aromatic N) is 2. The lowest BCUT2D eigenvalue weighted by molar-refractivity contribution is -0.127. The van der Waals surface area contributed by atoms with E-state index in [2.05, 4.69) is 15.6 Å². The van der Waals surface area contributed by atoms with Gasteiger partial charge in [-0.25, -0.2) is 4.99 Å². The molecule has 150 valence electrons. The number of aliphatic imine (C=N–C) groups is 1. The smallest absolute Gasteiger partial charge is 0.243 e. The molecule has 8 nitrogen and oxygen atoms in total. The fourth-order valence-electron chi connectivity index (χ4n) is 3.08. The van der Waals surface area contributed by atoms with E-state index in [1.165, 1.54) is 6.42 Å². The number of carbonyl (C=O) groups excluding carboxylic acids is 1. The van der Waals surface area contributed by atoms with E-state index < -0.39 is 0 Å². The molecule has 0 spiro atoms. The van der Waals surface area contributed by atoms with Crippen molar-refractivity contribution in [2.45, 2.75) is 43.8 Å². The fourth-order valence-corrected chi connectivity index (χ4v) is 3.08. The van der Waals surface area contributed by atoms with Crippen molar-refractivity contribution in [3.63, 3.8) is 0 Å². The van der Waals surface area contributed by atoms with Crippen molar-refractivity contribution in [2.24, 2.45) is 4.99 Å². The molecule has 26 heavy (non-hydrogen) atoms. The second-order valence-electron chi connectivity index (χ2n) is 7.18. The van der Waals surface area contributed by atoms with Gasteiger partial charge < -0.3 is 29.7 Å². The first-order valence-electron chi connectivity index (χ1n) is 9.51. The predicted molar refractivity (Wildman–Crippen MR) is 100 cm³/mol. The van der Waals surface area contributed by atoms with E-state index in [1.807, 2.05) is 0 Å². The minimum Gasteiger partial charge on any atom is -0.381 e. The van der Waals surface area contributed by atoms with Crippen LogP contribution in [0.5, 0.6) is 0 Å². The first-order valence-corrected chi connectivity index (χ1v) is 9.51. The molecular weight excluding hydrogens is 336 g/mol. The van der Waals surface area contributed by atoms with E-state index in [-0.39, 0.29) is 24.2 Å². The van der Waals surface area contributed by atoms with Gasteiger partial charge in [-0.05, 0) is 19.3 Å². The zero-order valence-electron chi connectivity index (χ0n) is 16.4. The number of hydrogen-bond acceptors (Lipinski definition) is 5. The van der Waals surface area contributed by atoms with Crippen LogP contribution in [0.4, 0.5) is 0 Å². The molecule has 2 heterocycles. The third kappa shape index (κ3) is 6.74. The third-order valence-corrected chi connectivity index (χ3v) is 5.06. The normalized spacial score (nSPS) is 23.3. The van der Waals surface area contributed by atoms with Crippen LogP contribution in [0, 0.1) is 0 Å². The van der Waals surface area contributed by atoms with Gasteiger partial charge in [0.1, 0.15) is 6.54 Å². The summed E-state index contributed by atoms with van der Waals surface area (Å²) >= 11 is 0. The summed E-state index contributed by atoms with van der Waals surface area (Å²) in [5.74, 6) is 0.588. The number of carbonyl (C=O) groups is 1. The minimum absolute atomic E-state index is 0.0347. The number of hydrogen-bond donors (Lipinski definition) is 2. The molecule has 2 fully saturated rings. The summed E-state index contributed by atoms with van der Waals surface area (Å²) in [7, 11) is 5.20. The summed E-state index contributed by atoms with van der Waals surface area (Å²) < 4.78 is 17.0. The lowest BCUT2D eigenvalue weighted by Crippen LogP contribution is -2.52.